The van der Waals surface area contributed by atoms with Gasteiger partial charge in [0.15, 0.2) is 0 Å². The first kappa shape index (κ1) is 16.1. The van der Waals surface area contributed by atoms with Crippen LogP contribution in [0.4, 0.5) is 5.69 Å². The highest BCUT2D eigenvalue weighted by molar-refractivity contribution is 7.90. The van der Waals surface area contributed by atoms with Gasteiger partial charge in [0.05, 0.1) is 12.8 Å². The van der Waals surface area contributed by atoms with Gasteiger partial charge in [0.25, 0.3) is 0 Å². The molecule has 0 aliphatic carbocycles. The summed E-state index contributed by atoms with van der Waals surface area (Å²) in [6.07, 6.45) is 0.619. The molecule has 7 heteroatoms. The maximum atomic E-state index is 12.3. The Hall–Kier alpha value is -0.980. The second-order valence-corrected chi connectivity index (χ2v) is 6.48. The number of halogens is 1. The quantitative estimate of drug-likeness (QED) is 0.723. The first-order chi connectivity index (χ1) is 8.93. The lowest BCUT2D eigenvalue weighted by atomic mass is 10.3. The lowest BCUT2D eigenvalue weighted by Gasteiger charge is -2.25. The van der Waals surface area contributed by atoms with Crippen LogP contribution in [0.25, 0.3) is 0 Å². The third kappa shape index (κ3) is 3.99. The molecule has 1 aromatic rings. The van der Waals surface area contributed by atoms with E-state index < -0.39 is 10.2 Å². The molecule has 0 atom stereocenters. The summed E-state index contributed by atoms with van der Waals surface area (Å²) in [5.74, 6) is 1.12. The van der Waals surface area contributed by atoms with E-state index in [2.05, 4.69) is 0 Å². The van der Waals surface area contributed by atoms with Gasteiger partial charge in [-0.15, -0.1) is 11.6 Å². The predicted molar refractivity (Wildman–Crippen MR) is 78.3 cm³/mol. The van der Waals surface area contributed by atoms with Crippen molar-refractivity contribution in [2.24, 2.45) is 0 Å². The molecule has 0 saturated carbocycles. The highest BCUT2D eigenvalue weighted by Gasteiger charge is 2.23. The van der Waals surface area contributed by atoms with Crippen LogP contribution in [0.5, 0.6) is 5.75 Å². The average molecular weight is 307 g/mol. The summed E-state index contributed by atoms with van der Waals surface area (Å²) in [7, 11) is 1.11. The summed E-state index contributed by atoms with van der Waals surface area (Å²) >= 11 is 5.58. The van der Waals surface area contributed by atoms with Gasteiger partial charge >= 0.3 is 10.2 Å². The first-order valence-electron chi connectivity index (χ1n) is 5.83. The topological polar surface area (TPSA) is 49.9 Å². The van der Waals surface area contributed by atoms with Crippen LogP contribution in [0.15, 0.2) is 24.3 Å². The lowest BCUT2D eigenvalue weighted by Crippen LogP contribution is -2.40. The van der Waals surface area contributed by atoms with Crippen LogP contribution in [0.2, 0.25) is 0 Å². The van der Waals surface area contributed by atoms with Gasteiger partial charge in [0.1, 0.15) is 5.75 Å². The molecule has 0 fully saturated rings. The zero-order chi connectivity index (χ0) is 14.5. The molecule has 0 heterocycles. The van der Waals surface area contributed by atoms with E-state index in [1.165, 1.54) is 15.7 Å². The van der Waals surface area contributed by atoms with Crippen molar-refractivity contribution in [3.63, 3.8) is 0 Å². The molecule has 1 rings (SSSR count). The Kier molecular flexibility index (Phi) is 5.90. The number of nitrogens with zero attached hydrogens (tertiary/aromatic N) is 2. The minimum atomic E-state index is -3.52. The Morgan fingerprint density at radius 1 is 1.21 bits per heavy atom. The fourth-order valence-corrected chi connectivity index (χ4v) is 2.82. The largest absolute Gasteiger partial charge is 0.497 e. The molecule has 19 heavy (non-hydrogen) atoms. The zero-order valence-corrected chi connectivity index (χ0v) is 12.9. The molecule has 0 aliphatic heterocycles. The first-order valence-corrected chi connectivity index (χ1v) is 7.77. The van der Waals surface area contributed by atoms with Crippen LogP contribution in [-0.4, -0.2) is 46.4 Å². The molecule has 0 spiro atoms. The average Bonchev–Trinajstić information content (AvgIpc) is 2.43. The van der Waals surface area contributed by atoms with Gasteiger partial charge in [-0.3, -0.25) is 4.31 Å². The molecule has 5 nitrogen and oxygen atoms in total. The van der Waals surface area contributed by atoms with Crippen LogP contribution in [-0.2, 0) is 10.2 Å². The number of methoxy groups -OCH3 is 1. The van der Waals surface area contributed by atoms with E-state index in [-0.39, 0.29) is 0 Å². The van der Waals surface area contributed by atoms with E-state index in [9.17, 15) is 8.42 Å². The molecule has 0 aromatic heterocycles. The van der Waals surface area contributed by atoms with Gasteiger partial charge in [-0.2, -0.15) is 12.7 Å². The van der Waals surface area contributed by atoms with Gasteiger partial charge < -0.3 is 4.74 Å². The number of hydrogen-bond donors (Lipinski definition) is 0. The van der Waals surface area contributed by atoms with Crippen molar-refractivity contribution in [1.29, 1.82) is 0 Å². The lowest BCUT2D eigenvalue weighted by molar-refractivity contribution is 0.415. The molecular formula is C12H19ClN2O3S. The molecule has 0 amide bonds. The summed E-state index contributed by atoms with van der Waals surface area (Å²) in [5.41, 5.74) is 0.582. The minimum Gasteiger partial charge on any atom is -0.497 e. The van der Waals surface area contributed by atoms with Crippen LogP contribution < -0.4 is 9.04 Å². The monoisotopic (exact) mass is 306 g/mol. The van der Waals surface area contributed by atoms with E-state index in [4.69, 9.17) is 16.3 Å². The van der Waals surface area contributed by atoms with Crippen molar-refractivity contribution in [2.45, 2.75) is 6.42 Å². The molecule has 0 saturated heterocycles. The minimum absolute atomic E-state index is 0.395. The van der Waals surface area contributed by atoms with Crippen molar-refractivity contribution in [1.82, 2.24) is 4.31 Å². The number of anilines is 1. The highest BCUT2D eigenvalue weighted by Crippen LogP contribution is 2.21. The van der Waals surface area contributed by atoms with Crippen molar-refractivity contribution >= 4 is 27.5 Å². The van der Waals surface area contributed by atoms with Crippen LogP contribution in [0, 0.1) is 0 Å². The summed E-state index contributed by atoms with van der Waals surface area (Å²) in [6.45, 7) is 0.395. The molecular weight excluding hydrogens is 288 g/mol. The fourth-order valence-electron chi connectivity index (χ4n) is 1.53. The summed E-state index contributed by atoms with van der Waals surface area (Å²) in [5, 5.41) is 0. The van der Waals surface area contributed by atoms with E-state index in [1.807, 2.05) is 0 Å². The summed E-state index contributed by atoms with van der Waals surface area (Å²) in [6, 6.07) is 6.85. The number of ether oxygens (including phenoxy) is 1. The van der Waals surface area contributed by atoms with Crippen LogP contribution >= 0.6 is 11.6 Å². The predicted octanol–water partition coefficient (Wildman–Crippen LogP) is 1.94. The Labute approximate surface area is 119 Å². The fraction of sp³-hybridized carbons (Fsp3) is 0.500. The molecule has 0 unspecified atom stereocenters. The van der Waals surface area contributed by atoms with Crippen molar-refractivity contribution in [3.05, 3.63) is 24.3 Å². The van der Waals surface area contributed by atoms with Crippen molar-refractivity contribution in [3.8, 4) is 5.75 Å². The standard InChI is InChI=1S/C12H19ClN2O3S/c1-14(10-4-9-13)19(16,17)15(2)11-5-7-12(18-3)8-6-11/h5-8H,4,9-10H2,1-3H3. The van der Waals surface area contributed by atoms with Gasteiger partial charge in [-0.05, 0) is 30.7 Å². The van der Waals surface area contributed by atoms with E-state index >= 15 is 0 Å². The molecule has 108 valence electrons. The van der Waals surface area contributed by atoms with Crippen LogP contribution in [0.3, 0.4) is 0 Å². The third-order valence-corrected chi connectivity index (χ3v) is 4.92. The Morgan fingerprint density at radius 2 is 1.79 bits per heavy atom. The molecule has 0 N–H and O–H groups in total. The molecule has 0 bridgehead atoms. The summed E-state index contributed by atoms with van der Waals surface area (Å²) in [4.78, 5) is 0. The summed E-state index contributed by atoms with van der Waals surface area (Å²) < 4.78 is 32.1. The number of benzene rings is 1. The van der Waals surface area contributed by atoms with Crippen molar-refractivity contribution in [2.75, 3.05) is 37.9 Å². The maximum Gasteiger partial charge on any atom is 0.303 e. The number of hydrogen-bond acceptors (Lipinski definition) is 3. The van der Waals surface area contributed by atoms with E-state index in [0.717, 1.165) is 0 Å². The maximum absolute atomic E-state index is 12.3. The smallest absolute Gasteiger partial charge is 0.303 e. The molecule has 0 aliphatic rings. The number of rotatable bonds is 7. The van der Waals surface area contributed by atoms with E-state index in [1.54, 1.807) is 38.4 Å². The number of alkyl halides is 1. The second kappa shape index (κ2) is 6.98. The van der Waals surface area contributed by atoms with E-state index in [0.29, 0.717) is 30.3 Å². The Morgan fingerprint density at radius 3 is 2.26 bits per heavy atom. The SMILES string of the molecule is COc1ccc(N(C)S(=O)(=O)N(C)CCCCl)cc1. The Bertz CT molecular complexity index is 490. The Balaban J connectivity index is 2.87. The molecule has 1 aromatic carbocycles. The van der Waals surface area contributed by atoms with Gasteiger partial charge in [0.2, 0.25) is 0 Å². The van der Waals surface area contributed by atoms with Gasteiger partial charge in [-0.25, -0.2) is 0 Å². The van der Waals surface area contributed by atoms with Crippen LogP contribution in [0.1, 0.15) is 6.42 Å². The van der Waals surface area contributed by atoms with Gasteiger partial charge in [0, 0.05) is 26.5 Å². The third-order valence-electron chi connectivity index (χ3n) is 2.78. The normalized spacial score (nSPS) is 11.6. The second-order valence-electron chi connectivity index (χ2n) is 4.04. The molecule has 0 radical (unpaired) electrons. The highest BCUT2D eigenvalue weighted by atomic mass is 35.5. The van der Waals surface area contributed by atoms with Crippen molar-refractivity contribution < 1.29 is 13.2 Å². The zero-order valence-electron chi connectivity index (χ0n) is 11.3. The van der Waals surface area contributed by atoms with Gasteiger partial charge in [-0.1, -0.05) is 0 Å².